The van der Waals surface area contributed by atoms with Crippen LogP contribution >= 0.6 is 0 Å². The highest BCUT2D eigenvalue weighted by molar-refractivity contribution is 5.86. The number of rotatable bonds is 3. The topological polar surface area (TPSA) is 75.6 Å². The Morgan fingerprint density at radius 2 is 1.69 bits per heavy atom. The fraction of sp³-hybridized carbons (Fsp3) is 0.818. The van der Waals surface area contributed by atoms with E-state index in [-0.39, 0.29) is 24.2 Å². The van der Waals surface area contributed by atoms with Crippen LogP contribution in [0, 0.1) is 11.8 Å². The zero-order valence-corrected chi connectivity index (χ0v) is 8.89. The summed E-state index contributed by atoms with van der Waals surface area (Å²) in [6.45, 7) is 0. The Hall–Kier alpha value is -1.10. The van der Waals surface area contributed by atoms with E-state index >= 15 is 0 Å². The van der Waals surface area contributed by atoms with Crippen LogP contribution in [0.5, 0.6) is 0 Å². The summed E-state index contributed by atoms with van der Waals surface area (Å²) < 4.78 is 5.54. The molecule has 3 rings (SSSR count). The molecule has 0 radical (unpaired) electrons. The van der Waals surface area contributed by atoms with Gasteiger partial charge in [-0.25, -0.2) is 0 Å². The van der Waals surface area contributed by atoms with Gasteiger partial charge in [0.05, 0.1) is 24.0 Å². The molecule has 2 bridgehead atoms. The second-order valence-electron chi connectivity index (χ2n) is 4.96. The molecule has 0 aromatic heterocycles. The molecule has 2 heterocycles. The number of amides is 1. The van der Waals surface area contributed by atoms with E-state index in [1.165, 1.54) is 0 Å². The van der Waals surface area contributed by atoms with Crippen molar-refractivity contribution in [3.05, 3.63) is 0 Å². The summed E-state index contributed by atoms with van der Waals surface area (Å²) in [5.41, 5.74) is 0. The third kappa shape index (κ3) is 1.50. The molecule has 3 aliphatic rings. The van der Waals surface area contributed by atoms with E-state index in [0.29, 0.717) is 0 Å². The van der Waals surface area contributed by atoms with E-state index in [1.54, 1.807) is 0 Å². The van der Waals surface area contributed by atoms with Crippen molar-refractivity contribution in [2.24, 2.45) is 11.8 Å². The molecule has 0 spiro atoms. The maximum absolute atomic E-state index is 11.9. The van der Waals surface area contributed by atoms with Crippen molar-refractivity contribution in [2.75, 3.05) is 0 Å². The SMILES string of the molecule is O=C(O)[C@@H]1[C@H](C(=O)NC2CC2)[C@@H]2CC[C@@H]1O2. The molecule has 2 aliphatic heterocycles. The largest absolute Gasteiger partial charge is 0.481 e. The number of carboxylic acid groups (broad SMARTS) is 1. The number of carbonyl (C=O) groups is 2. The van der Waals surface area contributed by atoms with Crippen LogP contribution in [0.1, 0.15) is 25.7 Å². The predicted octanol–water partition coefficient (Wildman–Crippen LogP) is 0.143. The van der Waals surface area contributed by atoms with E-state index in [0.717, 1.165) is 25.7 Å². The monoisotopic (exact) mass is 225 g/mol. The minimum atomic E-state index is -0.900. The Morgan fingerprint density at radius 1 is 1.06 bits per heavy atom. The first kappa shape index (κ1) is 10.1. The Labute approximate surface area is 93.2 Å². The molecule has 5 heteroatoms. The highest BCUT2D eigenvalue weighted by atomic mass is 16.5. The third-order valence-corrected chi connectivity index (χ3v) is 3.78. The summed E-state index contributed by atoms with van der Waals surface area (Å²) in [4.78, 5) is 23.1. The molecule has 4 atom stereocenters. The Kier molecular flexibility index (Phi) is 2.17. The molecule has 0 aromatic rings. The van der Waals surface area contributed by atoms with Crippen molar-refractivity contribution in [2.45, 2.75) is 43.9 Å². The number of aliphatic carboxylic acids is 1. The van der Waals surface area contributed by atoms with Crippen molar-refractivity contribution in [3.8, 4) is 0 Å². The van der Waals surface area contributed by atoms with Crippen LogP contribution in [-0.4, -0.2) is 35.2 Å². The van der Waals surface area contributed by atoms with Gasteiger partial charge in [-0.1, -0.05) is 0 Å². The molecular formula is C11H15NO4. The van der Waals surface area contributed by atoms with E-state index < -0.39 is 17.8 Å². The van der Waals surface area contributed by atoms with Crippen LogP contribution < -0.4 is 5.32 Å². The van der Waals surface area contributed by atoms with Crippen molar-refractivity contribution in [3.63, 3.8) is 0 Å². The van der Waals surface area contributed by atoms with Gasteiger partial charge in [-0.2, -0.15) is 0 Å². The second kappa shape index (κ2) is 3.45. The predicted molar refractivity (Wildman–Crippen MR) is 53.7 cm³/mol. The molecule has 2 saturated heterocycles. The van der Waals surface area contributed by atoms with Crippen LogP contribution in [0.3, 0.4) is 0 Å². The molecular weight excluding hydrogens is 210 g/mol. The first-order valence-electron chi connectivity index (χ1n) is 5.85. The minimum Gasteiger partial charge on any atom is -0.481 e. The Morgan fingerprint density at radius 3 is 2.25 bits per heavy atom. The van der Waals surface area contributed by atoms with Crippen molar-refractivity contribution in [1.82, 2.24) is 5.32 Å². The highest BCUT2D eigenvalue weighted by Crippen LogP contribution is 2.43. The second-order valence-corrected chi connectivity index (χ2v) is 4.96. The Balaban J connectivity index is 1.75. The average molecular weight is 225 g/mol. The van der Waals surface area contributed by atoms with Gasteiger partial charge in [-0.3, -0.25) is 9.59 Å². The third-order valence-electron chi connectivity index (χ3n) is 3.78. The number of hydrogen-bond acceptors (Lipinski definition) is 3. The molecule has 3 fully saturated rings. The first-order chi connectivity index (χ1) is 7.66. The molecule has 1 aliphatic carbocycles. The van der Waals surface area contributed by atoms with E-state index in [9.17, 15) is 9.59 Å². The Bertz CT molecular complexity index is 339. The normalized spacial score (nSPS) is 41.0. The summed E-state index contributed by atoms with van der Waals surface area (Å²) in [6, 6.07) is 0.279. The van der Waals surface area contributed by atoms with Crippen LogP contribution in [-0.2, 0) is 14.3 Å². The number of fused-ring (bicyclic) bond motifs is 2. The van der Waals surface area contributed by atoms with Crippen molar-refractivity contribution in [1.29, 1.82) is 0 Å². The van der Waals surface area contributed by atoms with E-state index in [2.05, 4.69) is 5.32 Å². The van der Waals surface area contributed by atoms with Crippen molar-refractivity contribution >= 4 is 11.9 Å². The van der Waals surface area contributed by atoms with E-state index in [4.69, 9.17) is 9.84 Å². The van der Waals surface area contributed by atoms with Crippen LogP contribution in [0.15, 0.2) is 0 Å². The summed E-state index contributed by atoms with van der Waals surface area (Å²) in [6.07, 6.45) is 3.20. The molecule has 0 aromatic carbocycles. The summed E-state index contributed by atoms with van der Waals surface area (Å²) in [5, 5.41) is 12.0. The molecule has 0 unspecified atom stereocenters. The lowest BCUT2D eigenvalue weighted by Crippen LogP contribution is -2.44. The number of carbonyl (C=O) groups excluding carboxylic acids is 1. The van der Waals surface area contributed by atoms with Crippen LogP contribution in [0.2, 0.25) is 0 Å². The summed E-state index contributed by atoms with van der Waals surface area (Å²) in [5.74, 6) is -2.14. The standard InChI is InChI=1S/C11H15NO4/c13-10(12-5-1-2-5)8-6-3-4-7(16-6)9(8)11(14)15/h5-9H,1-4H2,(H,12,13)(H,14,15)/t6-,7-,8+,9-/m0/s1. The lowest BCUT2D eigenvalue weighted by Gasteiger charge is -2.23. The minimum absolute atomic E-state index is 0.123. The maximum atomic E-state index is 11.9. The molecule has 16 heavy (non-hydrogen) atoms. The summed E-state index contributed by atoms with van der Waals surface area (Å²) in [7, 11) is 0. The fourth-order valence-corrected chi connectivity index (χ4v) is 2.85. The lowest BCUT2D eigenvalue weighted by atomic mass is 9.78. The molecule has 5 nitrogen and oxygen atoms in total. The van der Waals surface area contributed by atoms with Gasteiger partial charge in [-0.05, 0) is 25.7 Å². The summed E-state index contributed by atoms with van der Waals surface area (Å²) >= 11 is 0. The van der Waals surface area contributed by atoms with Crippen molar-refractivity contribution < 1.29 is 19.4 Å². The highest BCUT2D eigenvalue weighted by Gasteiger charge is 2.55. The quantitative estimate of drug-likeness (QED) is 0.716. The van der Waals surface area contributed by atoms with Gasteiger partial charge in [0.25, 0.3) is 0 Å². The smallest absolute Gasteiger partial charge is 0.310 e. The molecule has 88 valence electrons. The maximum Gasteiger partial charge on any atom is 0.310 e. The number of ether oxygens (including phenoxy) is 1. The van der Waals surface area contributed by atoms with Gasteiger partial charge >= 0.3 is 5.97 Å². The van der Waals surface area contributed by atoms with Gasteiger partial charge in [0.2, 0.25) is 5.91 Å². The average Bonchev–Trinajstić information content (AvgIpc) is 2.81. The number of carboxylic acids is 1. The number of hydrogen-bond donors (Lipinski definition) is 2. The van der Waals surface area contributed by atoms with Gasteiger partial charge in [0, 0.05) is 6.04 Å². The van der Waals surface area contributed by atoms with Crippen LogP contribution in [0.4, 0.5) is 0 Å². The van der Waals surface area contributed by atoms with Gasteiger partial charge in [0.15, 0.2) is 0 Å². The fourth-order valence-electron chi connectivity index (χ4n) is 2.85. The molecule has 1 saturated carbocycles. The van der Waals surface area contributed by atoms with Gasteiger partial charge in [-0.15, -0.1) is 0 Å². The lowest BCUT2D eigenvalue weighted by molar-refractivity contribution is -0.147. The number of nitrogens with one attached hydrogen (secondary N) is 1. The van der Waals surface area contributed by atoms with Gasteiger partial charge in [0.1, 0.15) is 0 Å². The zero-order chi connectivity index (χ0) is 11.3. The van der Waals surface area contributed by atoms with E-state index in [1.807, 2.05) is 0 Å². The van der Waals surface area contributed by atoms with Crippen LogP contribution in [0.25, 0.3) is 0 Å². The zero-order valence-electron chi connectivity index (χ0n) is 8.89. The molecule has 2 N–H and O–H groups in total. The van der Waals surface area contributed by atoms with Gasteiger partial charge < -0.3 is 15.2 Å². The molecule has 1 amide bonds. The first-order valence-corrected chi connectivity index (χ1v) is 5.85.